The van der Waals surface area contributed by atoms with E-state index in [-0.39, 0.29) is 12.1 Å². The minimum absolute atomic E-state index is 0.0343. The van der Waals surface area contributed by atoms with Crippen molar-refractivity contribution >= 4 is 11.8 Å². The summed E-state index contributed by atoms with van der Waals surface area (Å²) in [6, 6.07) is 5.83. The average Bonchev–Trinajstić information content (AvgIpc) is 3.35. The zero-order valence-electron chi connectivity index (χ0n) is 16.9. The van der Waals surface area contributed by atoms with Crippen LogP contribution in [0.15, 0.2) is 36.9 Å². The van der Waals surface area contributed by atoms with Crippen molar-refractivity contribution in [2.75, 3.05) is 24.5 Å². The fraction of sp³-hybridized carbons (Fsp3) is 0.400. The summed E-state index contributed by atoms with van der Waals surface area (Å²) in [5.74, 6) is 2.08. The molecule has 9 nitrogen and oxygen atoms in total. The van der Waals surface area contributed by atoms with Crippen LogP contribution in [-0.2, 0) is 6.42 Å². The summed E-state index contributed by atoms with van der Waals surface area (Å²) in [4.78, 5) is 29.6. The van der Waals surface area contributed by atoms with Crippen molar-refractivity contribution in [1.82, 2.24) is 34.6 Å². The fourth-order valence-corrected chi connectivity index (χ4v) is 3.32. The molecular formula is C20H24N8O. The largest absolute Gasteiger partial charge is 0.325 e. The van der Waals surface area contributed by atoms with E-state index in [4.69, 9.17) is 0 Å². The number of pyridine rings is 1. The number of carbonyl (C=O) groups is 1. The fourth-order valence-electron chi connectivity index (χ4n) is 3.32. The van der Waals surface area contributed by atoms with Crippen molar-refractivity contribution in [1.29, 1.82) is 0 Å². The minimum Gasteiger partial charge on any atom is -0.322 e. The lowest BCUT2D eigenvalue weighted by atomic mass is 10.2. The number of anilines is 1. The van der Waals surface area contributed by atoms with Gasteiger partial charge < -0.3 is 9.47 Å². The molecule has 0 spiro atoms. The third-order valence-corrected chi connectivity index (χ3v) is 4.97. The van der Waals surface area contributed by atoms with Gasteiger partial charge >= 0.3 is 6.03 Å². The van der Waals surface area contributed by atoms with E-state index in [1.165, 1.54) is 0 Å². The smallest absolute Gasteiger partial charge is 0.322 e. The molecule has 0 N–H and O–H groups in total. The number of hydrogen-bond donors (Lipinski definition) is 0. The highest BCUT2D eigenvalue weighted by molar-refractivity contribution is 5.93. The maximum atomic E-state index is 12.9. The standard InChI is InChI=1S/C20H24N8O/c1-14(2)28-13-23-25-19(28)17-5-4-6-18(24-17)27-10-9-26(20(27)29)8-7-16-11-21-15(3)22-12-16/h4-6,11-14H,7-10H2,1-3H3. The van der Waals surface area contributed by atoms with Crippen LogP contribution in [0.5, 0.6) is 0 Å². The molecule has 0 radical (unpaired) electrons. The normalized spacial score (nSPS) is 14.3. The number of aromatic nitrogens is 6. The summed E-state index contributed by atoms with van der Waals surface area (Å²) in [6.45, 7) is 7.89. The first-order valence-electron chi connectivity index (χ1n) is 9.74. The SMILES string of the molecule is Cc1ncc(CCN2CCN(c3cccc(-c4nncn4C(C)C)n3)C2=O)cn1. The van der Waals surface area contributed by atoms with Gasteiger partial charge in [-0.05, 0) is 44.9 Å². The van der Waals surface area contributed by atoms with Gasteiger partial charge in [-0.25, -0.2) is 19.7 Å². The topological polar surface area (TPSA) is 92.9 Å². The van der Waals surface area contributed by atoms with Crippen molar-refractivity contribution in [3.05, 3.63) is 48.3 Å². The highest BCUT2D eigenvalue weighted by atomic mass is 16.2. The van der Waals surface area contributed by atoms with E-state index in [1.54, 1.807) is 11.2 Å². The number of rotatable bonds is 6. The lowest BCUT2D eigenvalue weighted by Crippen LogP contribution is -2.33. The second-order valence-corrected chi connectivity index (χ2v) is 7.35. The Labute approximate surface area is 169 Å². The molecule has 0 bridgehead atoms. The zero-order chi connectivity index (χ0) is 20.4. The molecule has 0 aliphatic carbocycles. The predicted octanol–water partition coefficient (Wildman–Crippen LogP) is 2.50. The molecule has 4 rings (SSSR count). The molecule has 1 aliphatic rings. The molecule has 3 aromatic rings. The quantitative estimate of drug-likeness (QED) is 0.640. The van der Waals surface area contributed by atoms with Crippen molar-refractivity contribution in [3.8, 4) is 11.5 Å². The van der Waals surface area contributed by atoms with E-state index in [1.807, 2.05) is 47.0 Å². The number of nitrogens with zero attached hydrogens (tertiary/aromatic N) is 8. The van der Waals surface area contributed by atoms with Crippen LogP contribution in [0.3, 0.4) is 0 Å². The van der Waals surface area contributed by atoms with E-state index >= 15 is 0 Å². The third kappa shape index (κ3) is 3.94. The summed E-state index contributed by atoms with van der Waals surface area (Å²) in [5.41, 5.74) is 1.73. The summed E-state index contributed by atoms with van der Waals surface area (Å²) in [7, 11) is 0. The molecule has 4 heterocycles. The minimum atomic E-state index is -0.0343. The van der Waals surface area contributed by atoms with Crippen LogP contribution >= 0.6 is 0 Å². The Kier molecular flexibility index (Phi) is 5.20. The second-order valence-electron chi connectivity index (χ2n) is 7.35. The van der Waals surface area contributed by atoms with E-state index in [9.17, 15) is 4.79 Å². The van der Waals surface area contributed by atoms with Gasteiger partial charge in [-0.2, -0.15) is 0 Å². The Balaban J connectivity index is 1.47. The van der Waals surface area contributed by atoms with Gasteiger partial charge in [-0.1, -0.05) is 6.07 Å². The molecule has 0 unspecified atom stereocenters. The van der Waals surface area contributed by atoms with E-state index < -0.39 is 0 Å². The molecule has 1 fully saturated rings. The van der Waals surface area contributed by atoms with Crippen LogP contribution < -0.4 is 4.90 Å². The number of urea groups is 1. The molecule has 9 heteroatoms. The van der Waals surface area contributed by atoms with Gasteiger partial charge in [-0.3, -0.25) is 4.90 Å². The van der Waals surface area contributed by atoms with Gasteiger partial charge in [0, 0.05) is 38.1 Å². The monoisotopic (exact) mass is 392 g/mol. The number of carbonyl (C=O) groups excluding carboxylic acids is 1. The average molecular weight is 392 g/mol. The van der Waals surface area contributed by atoms with Gasteiger partial charge in [0.25, 0.3) is 0 Å². The van der Waals surface area contributed by atoms with Crippen LogP contribution in [0.1, 0.15) is 31.3 Å². The molecule has 0 saturated carbocycles. The zero-order valence-corrected chi connectivity index (χ0v) is 16.9. The molecule has 0 atom stereocenters. The predicted molar refractivity (Wildman–Crippen MR) is 108 cm³/mol. The van der Waals surface area contributed by atoms with Gasteiger partial charge in [0.15, 0.2) is 5.82 Å². The summed E-state index contributed by atoms with van der Waals surface area (Å²) in [5, 5.41) is 8.21. The lowest BCUT2D eigenvalue weighted by Gasteiger charge is -2.18. The molecule has 29 heavy (non-hydrogen) atoms. The molecule has 2 amide bonds. The Morgan fingerprint density at radius 1 is 1.14 bits per heavy atom. The Bertz CT molecular complexity index is 998. The highest BCUT2D eigenvalue weighted by Crippen LogP contribution is 2.23. The molecule has 1 saturated heterocycles. The van der Waals surface area contributed by atoms with Crippen molar-refractivity contribution < 1.29 is 4.79 Å². The van der Waals surface area contributed by atoms with Gasteiger partial charge in [0.05, 0.1) is 0 Å². The summed E-state index contributed by atoms with van der Waals surface area (Å²) in [6.07, 6.45) is 6.06. The molecule has 0 aromatic carbocycles. The number of aryl methyl sites for hydroxylation is 1. The van der Waals surface area contributed by atoms with Crippen LogP contribution in [0.2, 0.25) is 0 Å². The van der Waals surface area contributed by atoms with E-state index in [2.05, 4.69) is 39.0 Å². The third-order valence-electron chi connectivity index (χ3n) is 4.97. The first-order chi connectivity index (χ1) is 14.0. The van der Waals surface area contributed by atoms with Crippen LogP contribution in [0.4, 0.5) is 10.6 Å². The van der Waals surface area contributed by atoms with Gasteiger partial charge in [-0.15, -0.1) is 10.2 Å². The van der Waals surface area contributed by atoms with Gasteiger partial charge in [0.2, 0.25) is 0 Å². The number of hydrogen-bond acceptors (Lipinski definition) is 6. The number of amides is 2. The maximum Gasteiger partial charge on any atom is 0.325 e. The first-order valence-corrected chi connectivity index (χ1v) is 9.74. The highest BCUT2D eigenvalue weighted by Gasteiger charge is 2.30. The molecule has 150 valence electrons. The molecule has 3 aromatic heterocycles. The Morgan fingerprint density at radius 2 is 1.93 bits per heavy atom. The van der Waals surface area contributed by atoms with Crippen molar-refractivity contribution in [2.45, 2.75) is 33.2 Å². The molecule has 1 aliphatic heterocycles. The molecular weight excluding hydrogens is 368 g/mol. The summed E-state index contributed by atoms with van der Waals surface area (Å²) < 4.78 is 1.97. The van der Waals surface area contributed by atoms with Crippen molar-refractivity contribution in [2.24, 2.45) is 0 Å². The maximum absolute atomic E-state index is 12.9. The van der Waals surface area contributed by atoms with E-state index in [0.29, 0.717) is 37.0 Å². The van der Waals surface area contributed by atoms with Crippen LogP contribution in [-0.4, -0.2) is 60.3 Å². The lowest BCUT2D eigenvalue weighted by molar-refractivity contribution is 0.221. The van der Waals surface area contributed by atoms with Crippen molar-refractivity contribution in [3.63, 3.8) is 0 Å². The Hall–Kier alpha value is -3.36. The Morgan fingerprint density at radius 3 is 2.69 bits per heavy atom. The van der Waals surface area contributed by atoms with Crippen LogP contribution in [0, 0.1) is 6.92 Å². The van der Waals surface area contributed by atoms with E-state index in [0.717, 1.165) is 17.8 Å². The summed E-state index contributed by atoms with van der Waals surface area (Å²) >= 11 is 0. The van der Waals surface area contributed by atoms with Crippen LogP contribution in [0.25, 0.3) is 11.5 Å². The second kappa shape index (κ2) is 7.94. The van der Waals surface area contributed by atoms with Gasteiger partial charge in [0.1, 0.15) is 23.7 Å². The first kappa shape index (κ1) is 19.0.